The lowest BCUT2D eigenvalue weighted by molar-refractivity contribution is -0.119. The van der Waals surface area contributed by atoms with Crippen molar-refractivity contribution in [2.24, 2.45) is 5.73 Å². The van der Waals surface area contributed by atoms with Gasteiger partial charge in [0.15, 0.2) is 0 Å². The van der Waals surface area contributed by atoms with E-state index in [9.17, 15) is 4.79 Å². The van der Waals surface area contributed by atoms with Gasteiger partial charge in [0.1, 0.15) is 18.4 Å². The highest BCUT2D eigenvalue weighted by Gasteiger charge is 2.25. The molecule has 0 bridgehead atoms. The number of hydrogen-bond acceptors (Lipinski definition) is 3. The lowest BCUT2D eigenvalue weighted by Crippen LogP contribution is -2.43. The smallest absolute Gasteiger partial charge is 0.247 e. The molecule has 0 fully saturated rings. The number of nitrogens with zero attached hydrogens (tertiary/aromatic N) is 1. The minimum absolute atomic E-state index is 0. The van der Waals surface area contributed by atoms with Crippen molar-refractivity contribution >= 4 is 24.0 Å². The van der Waals surface area contributed by atoms with Crippen LogP contribution < -0.4 is 15.4 Å². The first-order valence-corrected chi connectivity index (χ1v) is 4.45. The third kappa shape index (κ3) is 2.06. The Morgan fingerprint density at radius 1 is 1.47 bits per heavy atom. The van der Waals surface area contributed by atoms with E-state index in [2.05, 4.69) is 0 Å². The van der Waals surface area contributed by atoms with Crippen LogP contribution in [0.1, 0.15) is 0 Å². The summed E-state index contributed by atoms with van der Waals surface area (Å²) in [5, 5.41) is 0. The third-order valence-corrected chi connectivity index (χ3v) is 2.29. The molecule has 2 N–H and O–H groups in total. The Bertz CT molecular complexity index is 370. The van der Waals surface area contributed by atoms with Crippen molar-refractivity contribution in [3.8, 4) is 5.75 Å². The van der Waals surface area contributed by atoms with Gasteiger partial charge in [-0.05, 0) is 12.1 Å². The molecule has 0 spiro atoms. The molecule has 1 atom stereocenters. The Hall–Kier alpha value is -1.26. The maximum absolute atomic E-state index is 11.6. The highest BCUT2D eigenvalue weighted by Crippen LogP contribution is 2.29. The molecule has 82 valence electrons. The molecule has 15 heavy (non-hydrogen) atoms. The predicted molar refractivity (Wildman–Crippen MR) is 60.6 cm³/mol. The number of anilines is 1. The van der Waals surface area contributed by atoms with Crippen LogP contribution >= 0.6 is 12.4 Å². The second-order valence-corrected chi connectivity index (χ2v) is 3.28. The van der Waals surface area contributed by atoms with Gasteiger partial charge in [-0.2, -0.15) is 0 Å². The summed E-state index contributed by atoms with van der Waals surface area (Å²) in [5.41, 5.74) is 6.40. The molecule has 1 unspecified atom stereocenters. The molecule has 1 aliphatic rings. The summed E-state index contributed by atoms with van der Waals surface area (Å²) in [7, 11) is 1.70. The highest BCUT2D eigenvalue weighted by molar-refractivity contribution is 5.98. The zero-order chi connectivity index (χ0) is 10.1. The van der Waals surface area contributed by atoms with Crippen molar-refractivity contribution in [2.75, 3.05) is 18.6 Å². The molecule has 0 saturated carbocycles. The fourth-order valence-electron chi connectivity index (χ4n) is 1.47. The van der Waals surface area contributed by atoms with Crippen molar-refractivity contribution in [3.63, 3.8) is 0 Å². The second kappa shape index (κ2) is 4.51. The van der Waals surface area contributed by atoms with Crippen molar-refractivity contribution in [1.29, 1.82) is 0 Å². The zero-order valence-electron chi connectivity index (χ0n) is 8.34. The number of nitrogens with two attached hydrogens (primary N) is 1. The van der Waals surface area contributed by atoms with Crippen LogP contribution in [-0.2, 0) is 4.79 Å². The number of carbonyl (C=O) groups excluding carboxylic acids is 1. The maximum atomic E-state index is 11.6. The van der Waals surface area contributed by atoms with Gasteiger partial charge in [0.25, 0.3) is 0 Å². The van der Waals surface area contributed by atoms with Crippen LogP contribution in [-0.4, -0.2) is 25.6 Å². The number of hydrogen-bond donors (Lipinski definition) is 1. The van der Waals surface area contributed by atoms with E-state index in [1.165, 1.54) is 4.90 Å². The molecular weight excluding hydrogens is 216 g/mol. The molecule has 2 rings (SSSR count). The Morgan fingerprint density at radius 2 is 2.13 bits per heavy atom. The van der Waals surface area contributed by atoms with Crippen molar-refractivity contribution < 1.29 is 9.53 Å². The highest BCUT2D eigenvalue weighted by atomic mass is 35.5. The minimum atomic E-state index is -0.576. The summed E-state index contributed by atoms with van der Waals surface area (Å²) in [6.07, 6.45) is 0. The first-order chi connectivity index (χ1) is 6.70. The molecule has 0 aliphatic carbocycles. The number of amides is 1. The number of likely N-dealkylation sites (N-methyl/N-ethyl adjacent to an activating group) is 1. The van der Waals surface area contributed by atoms with E-state index in [1.807, 2.05) is 24.3 Å². The van der Waals surface area contributed by atoms with Gasteiger partial charge in [0, 0.05) is 7.05 Å². The molecular formula is C10H13ClN2O2. The van der Waals surface area contributed by atoms with Crippen LogP contribution in [0.25, 0.3) is 0 Å². The van der Waals surface area contributed by atoms with E-state index in [0.29, 0.717) is 5.75 Å². The monoisotopic (exact) mass is 228 g/mol. The average molecular weight is 229 g/mol. The van der Waals surface area contributed by atoms with Gasteiger partial charge in [-0.3, -0.25) is 4.79 Å². The van der Waals surface area contributed by atoms with Crippen LogP contribution in [0, 0.1) is 0 Å². The molecule has 1 aromatic rings. The fraction of sp³-hybridized carbons (Fsp3) is 0.300. The maximum Gasteiger partial charge on any atom is 0.247 e. The Labute approximate surface area is 94.4 Å². The summed E-state index contributed by atoms with van der Waals surface area (Å²) in [6, 6.07) is 6.83. The number of para-hydroxylation sites is 2. The number of carbonyl (C=O) groups is 1. The second-order valence-electron chi connectivity index (χ2n) is 3.28. The molecule has 1 aromatic carbocycles. The van der Waals surface area contributed by atoms with Crippen LogP contribution in [0.15, 0.2) is 24.3 Å². The van der Waals surface area contributed by atoms with Gasteiger partial charge in [0.05, 0.1) is 5.69 Å². The van der Waals surface area contributed by atoms with Crippen LogP contribution in [0.2, 0.25) is 0 Å². The molecule has 0 saturated heterocycles. The Kier molecular flexibility index (Phi) is 3.55. The van der Waals surface area contributed by atoms with E-state index in [0.717, 1.165) is 5.69 Å². The summed E-state index contributed by atoms with van der Waals surface area (Å²) < 4.78 is 5.41. The zero-order valence-corrected chi connectivity index (χ0v) is 9.16. The Balaban J connectivity index is 0.00000112. The van der Waals surface area contributed by atoms with Gasteiger partial charge in [-0.25, -0.2) is 0 Å². The normalized spacial score (nSPS) is 19.7. The Morgan fingerprint density at radius 3 is 2.87 bits per heavy atom. The van der Waals surface area contributed by atoms with E-state index in [-0.39, 0.29) is 24.9 Å². The molecule has 0 radical (unpaired) electrons. The van der Waals surface area contributed by atoms with Gasteiger partial charge in [-0.15, -0.1) is 12.4 Å². The van der Waals surface area contributed by atoms with Crippen molar-refractivity contribution in [2.45, 2.75) is 6.04 Å². The van der Waals surface area contributed by atoms with Crippen molar-refractivity contribution in [3.05, 3.63) is 24.3 Å². The van der Waals surface area contributed by atoms with E-state index >= 15 is 0 Å². The number of benzene rings is 1. The summed E-state index contributed by atoms with van der Waals surface area (Å²) in [4.78, 5) is 13.2. The van der Waals surface area contributed by atoms with E-state index in [4.69, 9.17) is 10.5 Å². The minimum Gasteiger partial charge on any atom is -0.489 e. The van der Waals surface area contributed by atoms with E-state index < -0.39 is 6.04 Å². The van der Waals surface area contributed by atoms with Crippen LogP contribution in [0.4, 0.5) is 5.69 Å². The number of rotatable bonds is 0. The third-order valence-electron chi connectivity index (χ3n) is 2.29. The van der Waals surface area contributed by atoms with Crippen molar-refractivity contribution in [1.82, 2.24) is 0 Å². The molecule has 5 heteroatoms. The molecule has 4 nitrogen and oxygen atoms in total. The largest absolute Gasteiger partial charge is 0.489 e. The van der Waals surface area contributed by atoms with Gasteiger partial charge in [-0.1, -0.05) is 12.1 Å². The van der Waals surface area contributed by atoms with Gasteiger partial charge in [0.2, 0.25) is 5.91 Å². The van der Waals surface area contributed by atoms with Gasteiger partial charge >= 0.3 is 0 Å². The van der Waals surface area contributed by atoms with Crippen LogP contribution in [0.5, 0.6) is 5.75 Å². The summed E-state index contributed by atoms with van der Waals surface area (Å²) >= 11 is 0. The molecule has 1 heterocycles. The first-order valence-electron chi connectivity index (χ1n) is 4.45. The first kappa shape index (κ1) is 11.8. The molecule has 1 aliphatic heterocycles. The topological polar surface area (TPSA) is 55.6 Å². The number of ether oxygens (including phenoxy) is 1. The number of fused-ring (bicyclic) bond motifs is 1. The summed E-state index contributed by atoms with van der Waals surface area (Å²) in [6.45, 7) is 0.236. The fourth-order valence-corrected chi connectivity index (χ4v) is 1.47. The lowest BCUT2D eigenvalue weighted by atomic mass is 10.2. The predicted octanol–water partition coefficient (Wildman–Crippen LogP) is 0.791. The quantitative estimate of drug-likeness (QED) is 0.715. The van der Waals surface area contributed by atoms with Crippen LogP contribution in [0.3, 0.4) is 0 Å². The number of halogens is 1. The average Bonchev–Trinajstić information content (AvgIpc) is 2.32. The molecule has 1 amide bonds. The SMILES string of the molecule is CN1C(=O)C(N)COc2ccccc21.Cl. The lowest BCUT2D eigenvalue weighted by Gasteiger charge is -2.17. The molecule has 0 aromatic heterocycles. The van der Waals surface area contributed by atoms with Gasteiger partial charge < -0.3 is 15.4 Å². The summed E-state index contributed by atoms with van der Waals surface area (Å²) in [5.74, 6) is 0.589. The standard InChI is InChI=1S/C10H12N2O2.ClH/c1-12-8-4-2-3-5-9(8)14-6-7(11)10(12)13;/h2-5,7H,6,11H2,1H3;1H. The van der Waals surface area contributed by atoms with E-state index in [1.54, 1.807) is 7.05 Å².